The van der Waals surface area contributed by atoms with Gasteiger partial charge in [-0.15, -0.1) is 0 Å². The molecule has 0 N–H and O–H groups in total. The molecule has 0 amide bonds. The Bertz CT molecular complexity index is 1400. The third-order valence-corrected chi connectivity index (χ3v) is 8.18. The first-order chi connectivity index (χ1) is 21.1. The predicted octanol–water partition coefficient (Wildman–Crippen LogP) is 7.36. The minimum Gasteiger partial charge on any atom is -0.489 e. The standard InChI is InChI=1S/C37H48N2O5/c1-7-38(8-2)21-22-44-36(41)29-13-11-28(12-14-29)30-16-18-35(43-24-23-42-27(3)40)32(25-30)31-15-17-34(39-19-9-10-20-39)33(26-31)37(4,5)6/h11-18,25-26H,7-10,19-24H2,1-6H3. The van der Waals surface area contributed by atoms with E-state index < -0.39 is 0 Å². The van der Waals surface area contributed by atoms with E-state index in [0.717, 1.165) is 60.7 Å². The van der Waals surface area contributed by atoms with Crippen LogP contribution in [0.3, 0.4) is 0 Å². The molecule has 3 aromatic carbocycles. The van der Waals surface area contributed by atoms with E-state index in [1.54, 1.807) is 0 Å². The smallest absolute Gasteiger partial charge is 0.338 e. The second kappa shape index (κ2) is 15.2. The van der Waals surface area contributed by atoms with Gasteiger partial charge in [-0.1, -0.05) is 58.9 Å². The van der Waals surface area contributed by atoms with Crippen molar-refractivity contribution in [2.45, 2.75) is 59.8 Å². The molecule has 0 saturated carbocycles. The number of ether oxygens (including phenoxy) is 3. The van der Waals surface area contributed by atoms with Crippen molar-refractivity contribution in [1.29, 1.82) is 0 Å². The molecule has 7 heteroatoms. The van der Waals surface area contributed by atoms with Gasteiger partial charge in [-0.2, -0.15) is 0 Å². The second-order valence-corrected chi connectivity index (χ2v) is 12.3. The molecular formula is C37H48N2O5. The van der Waals surface area contributed by atoms with Gasteiger partial charge in [0.05, 0.1) is 5.56 Å². The van der Waals surface area contributed by atoms with Crippen LogP contribution in [0.2, 0.25) is 0 Å². The van der Waals surface area contributed by atoms with Crippen LogP contribution in [0.1, 0.15) is 70.3 Å². The van der Waals surface area contributed by atoms with Crippen LogP contribution in [-0.4, -0.2) is 69.4 Å². The predicted molar refractivity (Wildman–Crippen MR) is 178 cm³/mol. The Morgan fingerprint density at radius 3 is 2.09 bits per heavy atom. The molecule has 1 heterocycles. The minimum absolute atomic E-state index is 0.0440. The summed E-state index contributed by atoms with van der Waals surface area (Å²) in [5, 5.41) is 0. The van der Waals surface area contributed by atoms with Crippen molar-refractivity contribution in [3.05, 3.63) is 71.8 Å². The van der Waals surface area contributed by atoms with Crippen LogP contribution >= 0.6 is 0 Å². The summed E-state index contributed by atoms with van der Waals surface area (Å²) in [5.74, 6) is 0.0875. The number of nitrogens with zero attached hydrogens (tertiary/aromatic N) is 2. The highest BCUT2D eigenvalue weighted by molar-refractivity contribution is 5.90. The van der Waals surface area contributed by atoms with Gasteiger partial charge in [-0.05, 0) is 90.0 Å². The van der Waals surface area contributed by atoms with Gasteiger partial charge < -0.3 is 24.0 Å². The number of carbonyl (C=O) groups excluding carboxylic acids is 2. The van der Waals surface area contributed by atoms with Crippen molar-refractivity contribution >= 4 is 17.6 Å². The maximum atomic E-state index is 12.6. The van der Waals surface area contributed by atoms with Gasteiger partial charge in [0.2, 0.25) is 0 Å². The highest BCUT2D eigenvalue weighted by Gasteiger charge is 2.24. The first-order valence-corrected chi connectivity index (χ1v) is 15.9. The molecule has 1 aliphatic rings. The van der Waals surface area contributed by atoms with Crippen molar-refractivity contribution < 1.29 is 23.8 Å². The molecule has 44 heavy (non-hydrogen) atoms. The summed E-state index contributed by atoms with van der Waals surface area (Å²) in [6.45, 7) is 18.0. The maximum Gasteiger partial charge on any atom is 0.338 e. The van der Waals surface area contributed by atoms with Gasteiger partial charge in [-0.25, -0.2) is 4.79 Å². The number of hydrogen-bond donors (Lipinski definition) is 0. The number of esters is 2. The highest BCUT2D eigenvalue weighted by Crippen LogP contribution is 2.40. The van der Waals surface area contributed by atoms with Crippen molar-refractivity contribution in [2.75, 3.05) is 57.4 Å². The van der Waals surface area contributed by atoms with Crippen molar-refractivity contribution in [2.24, 2.45) is 0 Å². The Morgan fingerprint density at radius 1 is 0.795 bits per heavy atom. The van der Waals surface area contributed by atoms with Crippen LogP contribution < -0.4 is 9.64 Å². The number of likely N-dealkylation sites (N-methyl/N-ethyl adjacent to an activating group) is 1. The molecule has 1 aliphatic heterocycles. The molecule has 4 rings (SSSR count). The molecule has 0 atom stereocenters. The first kappa shape index (κ1) is 33.1. The highest BCUT2D eigenvalue weighted by atomic mass is 16.6. The SMILES string of the molecule is CCN(CC)CCOC(=O)c1ccc(-c2ccc(OCCOC(C)=O)c(-c3ccc(N4CCCC4)c(C(C)(C)C)c3)c2)cc1. The quantitative estimate of drug-likeness (QED) is 0.150. The van der Waals surface area contributed by atoms with Crippen LogP contribution in [0.4, 0.5) is 5.69 Å². The van der Waals surface area contributed by atoms with E-state index >= 15 is 0 Å². The Kier molecular flexibility index (Phi) is 11.5. The number of hydrogen-bond acceptors (Lipinski definition) is 7. The van der Waals surface area contributed by atoms with Gasteiger partial charge in [0.15, 0.2) is 0 Å². The van der Waals surface area contributed by atoms with E-state index in [4.69, 9.17) is 14.2 Å². The molecule has 0 radical (unpaired) electrons. The van der Waals surface area contributed by atoms with Gasteiger partial charge in [0.1, 0.15) is 25.6 Å². The third-order valence-electron chi connectivity index (χ3n) is 8.18. The lowest BCUT2D eigenvalue weighted by Gasteiger charge is -2.29. The van der Waals surface area contributed by atoms with Crippen molar-refractivity contribution in [1.82, 2.24) is 4.90 Å². The van der Waals surface area contributed by atoms with Gasteiger partial charge in [0, 0.05) is 37.8 Å². The number of carbonyl (C=O) groups is 2. The summed E-state index contributed by atoms with van der Waals surface area (Å²) < 4.78 is 16.8. The lowest BCUT2D eigenvalue weighted by Crippen LogP contribution is -2.27. The lowest BCUT2D eigenvalue weighted by atomic mass is 9.83. The molecule has 3 aromatic rings. The molecule has 0 bridgehead atoms. The largest absolute Gasteiger partial charge is 0.489 e. The van der Waals surface area contributed by atoms with E-state index in [0.29, 0.717) is 12.2 Å². The number of anilines is 1. The van der Waals surface area contributed by atoms with Crippen LogP contribution in [0.15, 0.2) is 60.7 Å². The topological polar surface area (TPSA) is 68.3 Å². The number of benzene rings is 3. The Hall–Kier alpha value is -3.84. The molecule has 0 aliphatic carbocycles. The van der Waals surface area contributed by atoms with Crippen LogP contribution in [-0.2, 0) is 19.7 Å². The van der Waals surface area contributed by atoms with Crippen molar-refractivity contribution in [3.63, 3.8) is 0 Å². The van der Waals surface area contributed by atoms with E-state index in [1.165, 1.54) is 31.0 Å². The average Bonchev–Trinajstić information content (AvgIpc) is 3.56. The molecule has 236 valence electrons. The molecule has 0 unspecified atom stereocenters. The fraction of sp³-hybridized carbons (Fsp3) is 0.459. The fourth-order valence-corrected chi connectivity index (χ4v) is 5.63. The Labute approximate surface area is 263 Å². The zero-order valence-electron chi connectivity index (χ0n) is 27.3. The Balaban J connectivity index is 1.63. The third kappa shape index (κ3) is 8.63. The van der Waals surface area contributed by atoms with Gasteiger partial charge >= 0.3 is 11.9 Å². The fourth-order valence-electron chi connectivity index (χ4n) is 5.63. The van der Waals surface area contributed by atoms with E-state index in [-0.39, 0.29) is 30.6 Å². The summed E-state index contributed by atoms with van der Waals surface area (Å²) >= 11 is 0. The lowest BCUT2D eigenvalue weighted by molar-refractivity contribution is -0.141. The minimum atomic E-state index is -0.326. The molecule has 7 nitrogen and oxygen atoms in total. The monoisotopic (exact) mass is 600 g/mol. The summed E-state index contributed by atoms with van der Waals surface area (Å²) in [7, 11) is 0. The van der Waals surface area contributed by atoms with Crippen LogP contribution in [0.25, 0.3) is 22.3 Å². The zero-order chi connectivity index (χ0) is 31.7. The molecule has 0 aromatic heterocycles. The molecule has 1 fully saturated rings. The first-order valence-electron chi connectivity index (χ1n) is 15.9. The van der Waals surface area contributed by atoms with Crippen molar-refractivity contribution in [3.8, 4) is 28.0 Å². The summed E-state index contributed by atoms with van der Waals surface area (Å²) in [5.41, 5.74) is 7.11. The Morgan fingerprint density at radius 2 is 1.45 bits per heavy atom. The zero-order valence-corrected chi connectivity index (χ0v) is 27.3. The molecule has 1 saturated heterocycles. The molecular weight excluding hydrogens is 552 g/mol. The molecule has 0 spiro atoms. The van der Waals surface area contributed by atoms with E-state index in [2.05, 4.69) is 68.7 Å². The van der Waals surface area contributed by atoms with Crippen LogP contribution in [0.5, 0.6) is 5.75 Å². The maximum absolute atomic E-state index is 12.6. The second-order valence-electron chi connectivity index (χ2n) is 12.3. The van der Waals surface area contributed by atoms with Gasteiger partial charge in [-0.3, -0.25) is 4.79 Å². The summed E-state index contributed by atoms with van der Waals surface area (Å²) in [4.78, 5) is 28.6. The van der Waals surface area contributed by atoms with Gasteiger partial charge in [0.25, 0.3) is 0 Å². The van der Waals surface area contributed by atoms with E-state index in [1.807, 2.05) is 36.4 Å². The van der Waals surface area contributed by atoms with Crippen LogP contribution in [0, 0.1) is 0 Å². The normalized spacial score (nSPS) is 13.3. The summed E-state index contributed by atoms with van der Waals surface area (Å²) in [6.07, 6.45) is 2.45. The number of rotatable bonds is 13. The van der Waals surface area contributed by atoms with E-state index in [9.17, 15) is 9.59 Å². The summed E-state index contributed by atoms with van der Waals surface area (Å²) in [6, 6.07) is 20.4. The average molecular weight is 601 g/mol.